The molecule has 0 radical (unpaired) electrons. The van der Waals surface area contributed by atoms with Crippen LogP contribution in [0.25, 0.3) is 0 Å². The lowest BCUT2D eigenvalue weighted by atomic mass is 9.83. The minimum Gasteiger partial charge on any atom is -0.396 e. The van der Waals surface area contributed by atoms with Gasteiger partial charge >= 0.3 is 0 Å². The molecule has 3 N–H and O–H groups in total. The quantitative estimate of drug-likeness (QED) is 0.648. The fourth-order valence-electron chi connectivity index (χ4n) is 1.95. The molecular formula is C9H19NO. The van der Waals surface area contributed by atoms with E-state index in [0.717, 1.165) is 6.42 Å². The maximum Gasteiger partial charge on any atom is 0.0445 e. The summed E-state index contributed by atoms with van der Waals surface area (Å²) in [6, 6.07) is 0.250. The van der Waals surface area contributed by atoms with Crippen molar-refractivity contribution in [1.29, 1.82) is 0 Å². The number of rotatable bonds is 3. The van der Waals surface area contributed by atoms with Gasteiger partial charge in [-0.2, -0.15) is 0 Å². The molecule has 0 aromatic heterocycles. The second-order valence-electron chi connectivity index (χ2n) is 3.57. The van der Waals surface area contributed by atoms with Crippen molar-refractivity contribution in [1.82, 2.24) is 0 Å². The molecule has 1 aliphatic rings. The lowest BCUT2D eigenvalue weighted by molar-refractivity contribution is 0.230. The lowest BCUT2D eigenvalue weighted by Gasteiger charge is -2.26. The van der Waals surface area contributed by atoms with Gasteiger partial charge in [0.15, 0.2) is 0 Å². The zero-order chi connectivity index (χ0) is 8.10. The molecule has 0 aromatic rings. The van der Waals surface area contributed by atoms with E-state index in [2.05, 4.69) is 0 Å². The number of nitrogens with two attached hydrogens (primary N) is 1. The molecule has 2 nitrogen and oxygen atoms in total. The Morgan fingerprint density at radius 1 is 1.27 bits per heavy atom. The van der Waals surface area contributed by atoms with Crippen LogP contribution in [0, 0.1) is 5.92 Å². The van der Waals surface area contributed by atoms with Crippen LogP contribution in [0.15, 0.2) is 0 Å². The van der Waals surface area contributed by atoms with Gasteiger partial charge in [-0.05, 0) is 25.2 Å². The van der Waals surface area contributed by atoms with Gasteiger partial charge in [-0.25, -0.2) is 0 Å². The summed E-state index contributed by atoms with van der Waals surface area (Å²) < 4.78 is 0. The van der Waals surface area contributed by atoms with E-state index < -0.39 is 0 Å². The molecule has 1 fully saturated rings. The van der Waals surface area contributed by atoms with Gasteiger partial charge in [0, 0.05) is 12.6 Å². The minimum absolute atomic E-state index is 0.248. The van der Waals surface area contributed by atoms with Crippen molar-refractivity contribution in [3.05, 3.63) is 0 Å². The van der Waals surface area contributed by atoms with Crippen LogP contribution in [0.2, 0.25) is 0 Å². The van der Waals surface area contributed by atoms with Gasteiger partial charge in [0.05, 0.1) is 0 Å². The van der Waals surface area contributed by atoms with E-state index in [-0.39, 0.29) is 12.6 Å². The highest BCUT2D eigenvalue weighted by Crippen LogP contribution is 2.26. The van der Waals surface area contributed by atoms with E-state index in [1.165, 1.54) is 32.1 Å². The summed E-state index contributed by atoms with van der Waals surface area (Å²) >= 11 is 0. The summed E-state index contributed by atoms with van der Waals surface area (Å²) in [5.74, 6) is 0.691. The molecule has 1 rings (SSSR count). The summed E-state index contributed by atoms with van der Waals surface area (Å²) in [6.45, 7) is 0.248. The number of hydrogen-bond donors (Lipinski definition) is 2. The molecular weight excluding hydrogens is 138 g/mol. The highest BCUT2D eigenvalue weighted by atomic mass is 16.3. The monoisotopic (exact) mass is 157 g/mol. The van der Waals surface area contributed by atoms with E-state index in [1.807, 2.05) is 0 Å². The fraction of sp³-hybridized carbons (Fsp3) is 1.00. The van der Waals surface area contributed by atoms with Crippen LogP contribution in [-0.4, -0.2) is 17.8 Å². The Morgan fingerprint density at radius 3 is 2.45 bits per heavy atom. The largest absolute Gasteiger partial charge is 0.396 e. The summed E-state index contributed by atoms with van der Waals surface area (Å²) in [5, 5.41) is 8.69. The molecule has 66 valence electrons. The molecule has 0 heterocycles. The Hall–Kier alpha value is -0.0800. The highest BCUT2D eigenvalue weighted by molar-refractivity contribution is 4.75. The summed E-state index contributed by atoms with van der Waals surface area (Å²) in [6.07, 6.45) is 7.39. The number of aliphatic hydroxyl groups is 1. The minimum atomic E-state index is 0.248. The van der Waals surface area contributed by atoms with Crippen LogP contribution in [0.5, 0.6) is 0 Å². The van der Waals surface area contributed by atoms with Crippen molar-refractivity contribution in [2.45, 2.75) is 44.6 Å². The van der Waals surface area contributed by atoms with E-state index >= 15 is 0 Å². The Bertz CT molecular complexity index is 99.7. The third kappa shape index (κ3) is 2.80. The van der Waals surface area contributed by atoms with Gasteiger partial charge in [-0.3, -0.25) is 0 Å². The first-order chi connectivity index (χ1) is 5.34. The molecule has 0 saturated heterocycles. The maximum atomic E-state index is 8.69. The SMILES string of the molecule is N[C@H](CCO)C1CCCCC1. The average molecular weight is 157 g/mol. The fourth-order valence-corrected chi connectivity index (χ4v) is 1.95. The molecule has 1 atom stereocenters. The average Bonchev–Trinajstić information content (AvgIpc) is 2.07. The first-order valence-corrected chi connectivity index (χ1v) is 4.71. The van der Waals surface area contributed by atoms with Crippen molar-refractivity contribution in [3.8, 4) is 0 Å². The van der Waals surface area contributed by atoms with Gasteiger partial charge in [0.25, 0.3) is 0 Å². The van der Waals surface area contributed by atoms with Crippen molar-refractivity contribution in [3.63, 3.8) is 0 Å². The summed E-state index contributed by atoms with van der Waals surface area (Å²) in [4.78, 5) is 0. The van der Waals surface area contributed by atoms with Gasteiger partial charge < -0.3 is 10.8 Å². The van der Waals surface area contributed by atoms with Crippen LogP contribution in [0.4, 0.5) is 0 Å². The zero-order valence-electron chi connectivity index (χ0n) is 7.13. The normalized spacial score (nSPS) is 23.5. The molecule has 0 bridgehead atoms. The van der Waals surface area contributed by atoms with Crippen LogP contribution in [0.3, 0.4) is 0 Å². The molecule has 0 unspecified atom stereocenters. The molecule has 0 aromatic carbocycles. The third-order valence-corrected chi connectivity index (χ3v) is 2.72. The van der Waals surface area contributed by atoms with Crippen LogP contribution < -0.4 is 5.73 Å². The molecule has 0 amide bonds. The van der Waals surface area contributed by atoms with Gasteiger partial charge in [0.2, 0.25) is 0 Å². The van der Waals surface area contributed by atoms with Gasteiger partial charge in [0.1, 0.15) is 0 Å². The van der Waals surface area contributed by atoms with E-state index in [4.69, 9.17) is 10.8 Å². The molecule has 11 heavy (non-hydrogen) atoms. The maximum absolute atomic E-state index is 8.69. The van der Waals surface area contributed by atoms with Crippen molar-refractivity contribution in [2.75, 3.05) is 6.61 Å². The molecule has 0 spiro atoms. The van der Waals surface area contributed by atoms with Crippen molar-refractivity contribution < 1.29 is 5.11 Å². The third-order valence-electron chi connectivity index (χ3n) is 2.72. The second-order valence-corrected chi connectivity index (χ2v) is 3.57. The predicted molar refractivity (Wildman–Crippen MR) is 46.3 cm³/mol. The van der Waals surface area contributed by atoms with E-state index in [9.17, 15) is 0 Å². The highest BCUT2D eigenvalue weighted by Gasteiger charge is 2.19. The van der Waals surface area contributed by atoms with Crippen molar-refractivity contribution in [2.24, 2.45) is 11.7 Å². The summed E-state index contributed by atoms with van der Waals surface area (Å²) in [5.41, 5.74) is 5.90. The summed E-state index contributed by atoms with van der Waals surface area (Å²) in [7, 11) is 0. The van der Waals surface area contributed by atoms with E-state index in [1.54, 1.807) is 0 Å². The van der Waals surface area contributed by atoms with E-state index in [0.29, 0.717) is 5.92 Å². The lowest BCUT2D eigenvalue weighted by Crippen LogP contribution is -2.32. The smallest absolute Gasteiger partial charge is 0.0445 e. The first kappa shape index (κ1) is 9.01. The van der Waals surface area contributed by atoms with Crippen LogP contribution in [-0.2, 0) is 0 Å². The molecule has 1 saturated carbocycles. The number of hydrogen-bond acceptors (Lipinski definition) is 2. The second kappa shape index (κ2) is 4.73. The Kier molecular flexibility index (Phi) is 3.87. The molecule has 0 aliphatic heterocycles. The predicted octanol–water partition coefficient (Wildman–Crippen LogP) is 1.28. The van der Waals surface area contributed by atoms with Crippen LogP contribution >= 0.6 is 0 Å². The topological polar surface area (TPSA) is 46.2 Å². The van der Waals surface area contributed by atoms with Gasteiger partial charge in [-0.15, -0.1) is 0 Å². The Labute approximate surface area is 68.8 Å². The molecule has 2 heteroatoms. The van der Waals surface area contributed by atoms with Crippen LogP contribution in [0.1, 0.15) is 38.5 Å². The van der Waals surface area contributed by atoms with Gasteiger partial charge in [-0.1, -0.05) is 19.3 Å². The first-order valence-electron chi connectivity index (χ1n) is 4.71. The zero-order valence-corrected chi connectivity index (χ0v) is 7.13. The van der Waals surface area contributed by atoms with Crippen molar-refractivity contribution >= 4 is 0 Å². The standard InChI is InChI=1S/C9H19NO/c10-9(6-7-11)8-4-2-1-3-5-8/h8-9,11H,1-7,10H2/t9-/m1/s1. The Morgan fingerprint density at radius 2 is 1.91 bits per heavy atom. The number of aliphatic hydroxyl groups excluding tert-OH is 1. The molecule has 1 aliphatic carbocycles. The Balaban J connectivity index is 2.21.